The Morgan fingerprint density at radius 1 is 1.07 bits per heavy atom. The lowest BCUT2D eigenvalue weighted by molar-refractivity contribution is -0.130. The van der Waals surface area contributed by atoms with Crippen molar-refractivity contribution in [2.45, 2.75) is 44.7 Å². The predicted octanol–water partition coefficient (Wildman–Crippen LogP) is 2.86. The van der Waals surface area contributed by atoms with E-state index in [1.54, 1.807) is 12.3 Å². The average molecular weight is 410 g/mol. The summed E-state index contributed by atoms with van der Waals surface area (Å²) < 4.78 is 7.14. The Morgan fingerprint density at radius 3 is 2.43 bits per heavy atom. The average Bonchev–Trinajstić information content (AvgIpc) is 3.32. The summed E-state index contributed by atoms with van der Waals surface area (Å²) >= 11 is 0. The first-order chi connectivity index (χ1) is 14.6. The van der Waals surface area contributed by atoms with Crippen LogP contribution in [0.5, 0.6) is 5.75 Å². The van der Waals surface area contributed by atoms with Crippen LogP contribution in [-0.4, -0.2) is 53.6 Å². The van der Waals surface area contributed by atoms with E-state index < -0.39 is 0 Å². The summed E-state index contributed by atoms with van der Waals surface area (Å²) in [7, 11) is 1.50. The molecule has 1 aromatic heterocycles. The lowest BCUT2D eigenvalue weighted by Gasteiger charge is -2.33. The number of carbonyl (C=O) groups is 1. The van der Waals surface area contributed by atoms with Gasteiger partial charge in [-0.3, -0.25) is 14.5 Å². The molecule has 0 spiro atoms. The highest BCUT2D eigenvalue weighted by atomic mass is 16.5. The van der Waals surface area contributed by atoms with Crippen molar-refractivity contribution in [3.63, 3.8) is 0 Å². The maximum absolute atomic E-state index is 12.7. The highest BCUT2D eigenvalue weighted by Gasteiger charge is 2.23. The van der Waals surface area contributed by atoms with Gasteiger partial charge in [0.25, 0.3) is 0 Å². The van der Waals surface area contributed by atoms with Crippen molar-refractivity contribution in [3.05, 3.63) is 64.1 Å². The molecule has 1 amide bonds. The third-order valence-corrected chi connectivity index (χ3v) is 6.41. The van der Waals surface area contributed by atoms with Crippen molar-refractivity contribution >= 4 is 5.91 Å². The van der Waals surface area contributed by atoms with Gasteiger partial charge in [-0.25, -0.2) is 0 Å². The Morgan fingerprint density at radius 2 is 1.77 bits per heavy atom. The zero-order chi connectivity index (χ0) is 20.9. The first kappa shape index (κ1) is 20.7. The van der Waals surface area contributed by atoms with E-state index in [0.717, 1.165) is 57.6 Å². The van der Waals surface area contributed by atoms with Crippen LogP contribution in [0.15, 0.2) is 47.4 Å². The first-order valence-corrected chi connectivity index (χ1v) is 11.0. The Balaban J connectivity index is 1.45. The second-order valence-electron chi connectivity index (χ2n) is 8.37. The normalized spacial score (nSPS) is 18.0. The molecule has 160 valence electrons. The monoisotopic (exact) mass is 409 g/mol. The van der Waals surface area contributed by atoms with Gasteiger partial charge < -0.3 is 14.2 Å². The number of hydrogen-bond donors (Lipinski definition) is 0. The lowest BCUT2D eigenvalue weighted by Crippen LogP contribution is -2.35. The molecule has 0 unspecified atom stereocenters. The molecule has 2 saturated heterocycles. The minimum absolute atomic E-state index is 0.113. The third kappa shape index (κ3) is 4.75. The molecular formula is C24H31N3O3. The van der Waals surface area contributed by atoms with Crippen molar-refractivity contribution in [2.24, 2.45) is 0 Å². The molecule has 2 aliphatic rings. The zero-order valence-corrected chi connectivity index (χ0v) is 17.8. The molecule has 1 aromatic carbocycles. The molecule has 0 N–H and O–H groups in total. The molecule has 0 saturated carbocycles. The molecule has 4 rings (SSSR count). The Hall–Kier alpha value is -2.60. The van der Waals surface area contributed by atoms with Gasteiger partial charge in [0.15, 0.2) is 5.75 Å². The molecule has 6 heteroatoms. The second kappa shape index (κ2) is 9.47. The number of rotatable bonds is 6. The van der Waals surface area contributed by atoms with Gasteiger partial charge in [0.1, 0.15) is 6.54 Å². The number of pyridine rings is 1. The van der Waals surface area contributed by atoms with Gasteiger partial charge in [0.05, 0.1) is 13.3 Å². The van der Waals surface area contributed by atoms with Crippen molar-refractivity contribution in [1.29, 1.82) is 0 Å². The molecular weight excluding hydrogens is 378 g/mol. The van der Waals surface area contributed by atoms with Crippen LogP contribution in [0.2, 0.25) is 0 Å². The van der Waals surface area contributed by atoms with E-state index in [4.69, 9.17) is 4.74 Å². The van der Waals surface area contributed by atoms with Crippen LogP contribution >= 0.6 is 0 Å². The van der Waals surface area contributed by atoms with Crippen molar-refractivity contribution in [1.82, 2.24) is 14.4 Å². The van der Waals surface area contributed by atoms with E-state index in [2.05, 4.69) is 35.2 Å². The van der Waals surface area contributed by atoms with Gasteiger partial charge in [0.2, 0.25) is 11.3 Å². The summed E-state index contributed by atoms with van der Waals surface area (Å²) in [5, 5.41) is 0. The summed E-state index contributed by atoms with van der Waals surface area (Å²) in [6, 6.07) is 12.3. The number of hydrogen-bond acceptors (Lipinski definition) is 4. The number of aromatic nitrogens is 1. The fourth-order valence-electron chi connectivity index (χ4n) is 4.62. The van der Waals surface area contributed by atoms with Crippen molar-refractivity contribution < 1.29 is 9.53 Å². The smallest absolute Gasteiger partial charge is 0.242 e. The predicted molar refractivity (Wildman–Crippen MR) is 117 cm³/mol. The van der Waals surface area contributed by atoms with Gasteiger partial charge in [-0.2, -0.15) is 0 Å². The van der Waals surface area contributed by atoms with Gasteiger partial charge in [-0.05, 0) is 50.3 Å². The van der Waals surface area contributed by atoms with Crippen LogP contribution in [0.1, 0.15) is 42.9 Å². The zero-order valence-electron chi connectivity index (χ0n) is 17.8. The number of likely N-dealkylation sites (tertiary alicyclic amines) is 2. The van der Waals surface area contributed by atoms with Gasteiger partial charge in [0, 0.05) is 31.4 Å². The molecule has 0 bridgehead atoms. The first-order valence-electron chi connectivity index (χ1n) is 11.0. The highest BCUT2D eigenvalue weighted by Crippen LogP contribution is 2.28. The van der Waals surface area contributed by atoms with E-state index in [-0.39, 0.29) is 23.6 Å². The fourth-order valence-corrected chi connectivity index (χ4v) is 4.62. The number of amides is 1. The van der Waals surface area contributed by atoms with Crippen LogP contribution in [-0.2, 0) is 17.9 Å². The maximum atomic E-state index is 12.7. The van der Waals surface area contributed by atoms with Crippen LogP contribution in [0.25, 0.3) is 0 Å². The van der Waals surface area contributed by atoms with Gasteiger partial charge >= 0.3 is 0 Å². The summed E-state index contributed by atoms with van der Waals surface area (Å²) in [6.45, 7) is 4.57. The SMILES string of the molecule is COc1cn(CC(=O)N2CCCC2)c(CN2CCC(c3ccccc3)CC2)cc1=O. The number of carbonyl (C=O) groups excluding carboxylic acids is 1. The van der Waals surface area contributed by atoms with E-state index in [9.17, 15) is 9.59 Å². The molecule has 30 heavy (non-hydrogen) atoms. The number of benzene rings is 1. The molecule has 2 fully saturated rings. The maximum Gasteiger partial charge on any atom is 0.242 e. The quantitative estimate of drug-likeness (QED) is 0.736. The van der Waals surface area contributed by atoms with Gasteiger partial charge in [-0.15, -0.1) is 0 Å². The largest absolute Gasteiger partial charge is 0.491 e. The van der Waals surface area contributed by atoms with Crippen molar-refractivity contribution in [3.8, 4) is 5.75 Å². The van der Waals surface area contributed by atoms with Gasteiger partial charge in [-0.1, -0.05) is 30.3 Å². The van der Waals surface area contributed by atoms with Crippen LogP contribution in [0.4, 0.5) is 0 Å². The topological polar surface area (TPSA) is 54.8 Å². The summed E-state index contributed by atoms with van der Waals surface area (Å²) in [4.78, 5) is 29.4. The van der Waals surface area contributed by atoms with Crippen LogP contribution < -0.4 is 10.2 Å². The number of piperidine rings is 1. The highest BCUT2D eigenvalue weighted by molar-refractivity contribution is 5.76. The summed E-state index contributed by atoms with van der Waals surface area (Å²) in [5.41, 5.74) is 2.16. The molecule has 0 atom stereocenters. The summed E-state index contributed by atoms with van der Waals surface area (Å²) in [6.07, 6.45) is 6.06. The van der Waals surface area contributed by atoms with E-state index >= 15 is 0 Å². The molecule has 2 aromatic rings. The Bertz CT molecular complexity index is 911. The minimum atomic E-state index is -0.128. The second-order valence-corrected chi connectivity index (χ2v) is 8.37. The molecule has 6 nitrogen and oxygen atoms in total. The standard InChI is InChI=1S/C24H31N3O3/c1-30-23-17-27(18-24(29)26-11-5-6-12-26)21(15-22(23)28)16-25-13-9-20(10-14-25)19-7-3-2-4-8-19/h2-4,7-8,15,17,20H,5-6,9-14,16,18H2,1H3. The van der Waals surface area contributed by atoms with E-state index in [1.807, 2.05) is 9.47 Å². The lowest BCUT2D eigenvalue weighted by atomic mass is 9.89. The fraction of sp³-hybridized carbons (Fsp3) is 0.500. The van der Waals surface area contributed by atoms with Crippen LogP contribution in [0, 0.1) is 0 Å². The molecule has 3 heterocycles. The Kier molecular flexibility index (Phi) is 6.53. The minimum Gasteiger partial charge on any atom is -0.491 e. The van der Waals surface area contributed by atoms with E-state index in [0.29, 0.717) is 12.5 Å². The third-order valence-electron chi connectivity index (χ3n) is 6.41. The van der Waals surface area contributed by atoms with Crippen molar-refractivity contribution in [2.75, 3.05) is 33.3 Å². The Labute approximate surface area is 178 Å². The van der Waals surface area contributed by atoms with Crippen LogP contribution in [0.3, 0.4) is 0 Å². The molecule has 0 radical (unpaired) electrons. The molecule has 0 aliphatic carbocycles. The number of nitrogens with zero attached hydrogens (tertiary/aromatic N) is 3. The number of ether oxygens (including phenoxy) is 1. The molecule has 2 aliphatic heterocycles. The summed E-state index contributed by atoms with van der Waals surface area (Å²) in [5.74, 6) is 0.996. The van der Waals surface area contributed by atoms with E-state index in [1.165, 1.54) is 12.7 Å². The number of methoxy groups -OCH3 is 1.